The number of rotatable bonds is 2. The van der Waals surface area contributed by atoms with Crippen molar-refractivity contribution in [3.63, 3.8) is 0 Å². The third-order valence-corrected chi connectivity index (χ3v) is 3.32. The lowest BCUT2D eigenvalue weighted by Crippen LogP contribution is -1.96. The lowest BCUT2D eigenvalue weighted by molar-refractivity contribution is 0.600. The van der Waals surface area contributed by atoms with E-state index in [9.17, 15) is 8.42 Å². The van der Waals surface area contributed by atoms with E-state index in [1.807, 2.05) is 0 Å². The van der Waals surface area contributed by atoms with Gasteiger partial charge in [-0.15, -0.1) is 0 Å². The second-order valence-electron chi connectivity index (χ2n) is 2.49. The number of aromatic nitrogens is 2. The molecule has 0 aliphatic carbocycles. The van der Waals surface area contributed by atoms with Crippen LogP contribution in [0.1, 0.15) is 12.5 Å². The topological polar surface area (TPSA) is 52.0 Å². The Labute approximate surface area is 85.9 Å². The van der Waals surface area contributed by atoms with Crippen LogP contribution in [0.25, 0.3) is 0 Å². The van der Waals surface area contributed by atoms with E-state index in [0.717, 1.165) is 0 Å². The number of halogens is 2. The molecule has 0 aromatic carbocycles. The first kappa shape index (κ1) is 10.8. The molecule has 1 aromatic heterocycles. The molecule has 0 saturated heterocycles. The Bertz CT molecular complexity index is 424. The van der Waals surface area contributed by atoms with E-state index in [4.69, 9.17) is 22.3 Å². The van der Waals surface area contributed by atoms with E-state index in [0.29, 0.717) is 17.1 Å². The van der Waals surface area contributed by atoms with Crippen LogP contribution in [0.4, 0.5) is 0 Å². The molecular weight excluding hydrogens is 235 g/mol. The van der Waals surface area contributed by atoms with Crippen molar-refractivity contribution in [2.75, 3.05) is 0 Å². The quantitative estimate of drug-likeness (QED) is 0.740. The van der Waals surface area contributed by atoms with Gasteiger partial charge < -0.3 is 0 Å². The van der Waals surface area contributed by atoms with Gasteiger partial charge in [0.25, 0.3) is 9.05 Å². The van der Waals surface area contributed by atoms with Crippen molar-refractivity contribution in [3.05, 3.63) is 10.7 Å². The Kier molecular flexibility index (Phi) is 2.89. The van der Waals surface area contributed by atoms with Crippen molar-refractivity contribution in [3.8, 4) is 0 Å². The molecule has 74 valence electrons. The van der Waals surface area contributed by atoms with Gasteiger partial charge in [-0.05, 0) is 6.42 Å². The van der Waals surface area contributed by atoms with E-state index in [-0.39, 0.29) is 5.03 Å². The Morgan fingerprint density at radius 1 is 1.54 bits per heavy atom. The molecule has 0 spiro atoms. The van der Waals surface area contributed by atoms with Crippen LogP contribution in [-0.4, -0.2) is 18.2 Å². The van der Waals surface area contributed by atoms with Crippen LogP contribution in [0, 0.1) is 0 Å². The maximum absolute atomic E-state index is 11.0. The highest BCUT2D eigenvalue weighted by Gasteiger charge is 2.22. The Balaban J connectivity index is 3.48. The molecule has 7 heteroatoms. The molecule has 0 unspecified atom stereocenters. The molecule has 0 atom stereocenters. The number of hydrogen-bond donors (Lipinski definition) is 0. The fourth-order valence-corrected chi connectivity index (χ4v) is 2.46. The monoisotopic (exact) mass is 242 g/mol. The highest BCUT2D eigenvalue weighted by atomic mass is 35.7. The number of nitrogens with zero attached hydrogens (tertiary/aromatic N) is 2. The highest BCUT2D eigenvalue weighted by molar-refractivity contribution is 8.13. The van der Waals surface area contributed by atoms with E-state index in [1.165, 1.54) is 4.68 Å². The smallest absolute Gasteiger partial charge is 0.255 e. The summed E-state index contributed by atoms with van der Waals surface area (Å²) in [6, 6.07) is 0. The molecular formula is C6H8Cl2N2O2S. The van der Waals surface area contributed by atoms with E-state index >= 15 is 0 Å². The molecule has 0 radical (unpaired) electrons. The Hall–Kier alpha value is -0.260. The summed E-state index contributed by atoms with van der Waals surface area (Å²) in [6.45, 7) is 1.79. The first-order chi connectivity index (χ1) is 5.88. The minimum atomic E-state index is -3.79. The summed E-state index contributed by atoms with van der Waals surface area (Å²) in [7, 11) is 2.94. The summed E-state index contributed by atoms with van der Waals surface area (Å²) in [4.78, 5) is 0. The Morgan fingerprint density at radius 2 is 2.08 bits per heavy atom. The predicted molar refractivity (Wildman–Crippen MR) is 50.6 cm³/mol. The number of aryl methyl sites for hydroxylation is 1. The van der Waals surface area contributed by atoms with Gasteiger partial charge in [0.2, 0.25) is 0 Å². The summed E-state index contributed by atoms with van der Waals surface area (Å²) in [6.07, 6.45) is 0.480. The fourth-order valence-electron chi connectivity index (χ4n) is 1.02. The van der Waals surface area contributed by atoms with Crippen LogP contribution in [0.3, 0.4) is 0 Å². The zero-order valence-electron chi connectivity index (χ0n) is 7.08. The van der Waals surface area contributed by atoms with E-state index in [2.05, 4.69) is 5.10 Å². The summed E-state index contributed by atoms with van der Waals surface area (Å²) >= 11 is 5.80. The minimum absolute atomic E-state index is 0.149. The van der Waals surface area contributed by atoms with Crippen molar-refractivity contribution in [1.82, 2.24) is 9.78 Å². The summed E-state index contributed by atoms with van der Waals surface area (Å²) in [5, 5.41) is 3.88. The summed E-state index contributed by atoms with van der Waals surface area (Å²) in [5.74, 6) is 0. The van der Waals surface area contributed by atoms with Gasteiger partial charge in [0, 0.05) is 23.3 Å². The molecule has 0 N–H and O–H groups in total. The van der Waals surface area contributed by atoms with Gasteiger partial charge in [-0.3, -0.25) is 4.68 Å². The van der Waals surface area contributed by atoms with Gasteiger partial charge in [0.1, 0.15) is 5.15 Å². The maximum atomic E-state index is 11.0. The van der Waals surface area contributed by atoms with Crippen LogP contribution in [0.2, 0.25) is 5.15 Å². The van der Waals surface area contributed by atoms with Crippen LogP contribution in [-0.2, 0) is 22.5 Å². The molecule has 0 aliphatic heterocycles. The molecule has 0 saturated carbocycles. The number of hydrogen-bond acceptors (Lipinski definition) is 3. The summed E-state index contributed by atoms with van der Waals surface area (Å²) < 4.78 is 23.3. The molecule has 1 heterocycles. The van der Waals surface area contributed by atoms with Crippen molar-refractivity contribution in [1.29, 1.82) is 0 Å². The predicted octanol–water partition coefficient (Wildman–Crippen LogP) is 1.56. The maximum Gasteiger partial charge on any atom is 0.280 e. The largest absolute Gasteiger partial charge is 0.280 e. The fraction of sp³-hybridized carbons (Fsp3) is 0.500. The molecule has 1 aromatic rings. The van der Waals surface area contributed by atoms with E-state index in [1.54, 1.807) is 14.0 Å². The van der Waals surface area contributed by atoms with Crippen molar-refractivity contribution in [2.24, 2.45) is 7.05 Å². The Morgan fingerprint density at radius 3 is 2.38 bits per heavy atom. The van der Waals surface area contributed by atoms with Crippen LogP contribution in [0.5, 0.6) is 0 Å². The van der Waals surface area contributed by atoms with Gasteiger partial charge in [-0.1, -0.05) is 18.5 Å². The molecule has 0 aliphatic rings. The van der Waals surface area contributed by atoms with Gasteiger partial charge in [0.05, 0.1) is 0 Å². The first-order valence-corrected chi connectivity index (χ1v) is 6.22. The van der Waals surface area contributed by atoms with Crippen molar-refractivity contribution < 1.29 is 8.42 Å². The van der Waals surface area contributed by atoms with E-state index < -0.39 is 9.05 Å². The van der Waals surface area contributed by atoms with Gasteiger partial charge >= 0.3 is 0 Å². The SMILES string of the molecule is CCc1c(S(=O)(=O)Cl)nn(C)c1Cl. The van der Waals surface area contributed by atoms with Gasteiger partial charge in [-0.2, -0.15) is 5.10 Å². The standard InChI is InChI=1S/C6H8Cl2N2O2S/c1-3-4-5(7)10(2)9-6(4)13(8,11)12/h3H2,1-2H3. The first-order valence-electron chi connectivity index (χ1n) is 3.54. The second-order valence-corrected chi connectivity index (χ2v) is 5.33. The normalized spacial score (nSPS) is 12.0. The zero-order valence-corrected chi connectivity index (χ0v) is 9.41. The van der Waals surface area contributed by atoms with Crippen molar-refractivity contribution in [2.45, 2.75) is 18.4 Å². The van der Waals surface area contributed by atoms with Gasteiger partial charge in [0.15, 0.2) is 5.03 Å². The second kappa shape index (κ2) is 3.48. The zero-order chi connectivity index (χ0) is 10.2. The van der Waals surface area contributed by atoms with Crippen LogP contribution >= 0.6 is 22.3 Å². The summed E-state index contributed by atoms with van der Waals surface area (Å²) in [5.41, 5.74) is 0.458. The minimum Gasteiger partial charge on any atom is -0.255 e. The molecule has 0 amide bonds. The molecule has 0 fully saturated rings. The van der Waals surface area contributed by atoms with Crippen LogP contribution < -0.4 is 0 Å². The third kappa shape index (κ3) is 1.98. The van der Waals surface area contributed by atoms with Crippen LogP contribution in [0.15, 0.2) is 5.03 Å². The molecule has 0 bridgehead atoms. The van der Waals surface area contributed by atoms with Gasteiger partial charge in [-0.25, -0.2) is 8.42 Å². The molecule has 13 heavy (non-hydrogen) atoms. The lowest BCUT2D eigenvalue weighted by atomic mass is 10.3. The highest BCUT2D eigenvalue weighted by Crippen LogP contribution is 2.25. The molecule has 1 rings (SSSR count). The lowest BCUT2D eigenvalue weighted by Gasteiger charge is -1.93. The third-order valence-electron chi connectivity index (χ3n) is 1.62. The molecule has 4 nitrogen and oxygen atoms in total. The average molecular weight is 243 g/mol. The van der Waals surface area contributed by atoms with Crippen molar-refractivity contribution >= 4 is 31.3 Å². The average Bonchev–Trinajstić information content (AvgIpc) is 2.28.